The molecule has 0 fully saturated rings. The molecule has 140 valence electrons. The minimum absolute atomic E-state index is 0.221. The van der Waals surface area contributed by atoms with Gasteiger partial charge in [0.05, 0.1) is 5.69 Å². The number of alkyl carbamates (subject to hydrolysis) is 1. The van der Waals surface area contributed by atoms with Gasteiger partial charge in [0.1, 0.15) is 11.6 Å². The van der Waals surface area contributed by atoms with Gasteiger partial charge in [-0.2, -0.15) is 0 Å². The molecule has 1 N–H and O–H groups in total. The lowest BCUT2D eigenvalue weighted by Crippen LogP contribution is -2.48. The molecule has 1 atom stereocenters. The van der Waals surface area contributed by atoms with E-state index in [0.29, 0.717) is 0 Å². The Hall–Kier alpha value is -3.08. The molecule has 5 heteroatoms. The second-order valence-electron chi connectivity index (χ2n) is 7.50. The molecule has 1 aliphatic rings. The van der Waals surface area contributed by atoms with Crippen LogP contribution in [0.15, 0.2) is 54.6 Å². The van der Waals surface area contributed by atoms with Crippen LogP contribution in [0.3, 0.4) is 0 Å². The third kappa shape index (κ3) is 4.19. The summed E-state index contributed by atoms with van der Waals surface area (Å²) in [5, 5.41) is 2.76. The highest BCUT2D eigenvalue weighted by molar-refractivity contribution is 6.12. The molecule has 3 rings (SSSR count). The lowest BCUT2D eigenvalue weighted by molar-refractivity contribution is -0.119. The van der Waals surface area contributed by atoms with Gasteiger partial charge in [-0.25, -0.2) is 4.79 Å². The van der Waals surface area contributed by atoms with Crippen molar-refractivity contribution in [1.29, 1.82) is 0 Å². The van der Waals surface area contributed by atoms with Gasteiger partial charge < -0.3 is 15.0 Å². The molecule has 0 bridgehead atoms. The molecule has 0 spiro atoms. The zero-order chi connectivity index (χ0) is 19.6. The van der Waals surface area contributed by atoms with E-state index in [-0.39, 0.29) is 5.91 Å². The fraction of sp³-hybridized carbons (Fsp3) is 0.273. The van der Waals surface area contributed by atoms with Gasteiger partial charge in [0, 0.05) is 7.05 Å². The molecule has 1 aliphatic heterocycles. The summed E-state index contributed by atoms with van der Waals surface area (Å²) in [4.78, 5) is 27.2. The number of carbonyl (C=O) groups is 2. The van der Waals surface area contributed by atoms with Crippen molar-refractivity contribution in [3.63, 3.8) is 0 Å². The Bertz CT molecular complexity index is 882. The summed E-state index contributed by atoms with van der Waals surface area (Å²) >= 11 is 0. The van der Waals surface area contributed by atoms with Crippen LogP contribution >= 0.6 is 0 Å². The Labute approximate surface area is 159 Å². The van der Waals surface area contributed by atoms with Gasteiger partial charge in [0.15, 0.2) is 0 Å². The van der Waals surface area contributed by atoms with Crippen LogP contribution in [0.25, 0.3) is 11.6 Å². The quantitative estimate of drug-likeness (QED) is 0.873. The van der Waals surface area contributed by atoms with Crippen LogP contribution in [-0.4, -0.2) is 30.7 Å². The van der Waals surface area contributed by atoms with E-state index in [1.54, 1.807) is 32.7 Å². The number of para-hydroxylation sites is 1. The molecule has 2 aromatic rings. The number of likely N-dealkylation sites (N-methyl/N-ethyl adjacent to an activating group) is 1. The summed E-state index contributed by atoms with van der Waals surface area (Å²) in [6.07, 6.45) is 1.33. The van der Waals surface area contributed by atoms with Crippen molar-refractivity contribution >= 4 is 29.3 Å². The Morgan fingerprint density at radius 3 is 2.33 bits per heavy atom. The fourth-order valence-corrected chi connectivity index (χ4v) is 3.06. The molecule has 2 aromatic carbocycles. The number of nitrogens with one attached hydrogen (secondary N) is 1. The van der Waals surface area contributed by atoms with Crippen LogP contribution in [0.4, 0.5) is 10.5 Å². The lowest BCUT2D eigenvalue weighted by atomic mass is 9.96. The monoisotopic (exact) mass is 364 g/mol. The van der Waals surface area contributed by atoms with Gasteiger partial charge in [-0.15, -0.1) is 0 Å². The topological polar surface area (TPSA) is 58.6 Å². The van der Waals surface area contributed by atoms with Gasteiger partial charge in [0.2, 0.25) is 0 Å². The van der Waals surface area contributed by atoms with Crippen LogP contribution < -0.4 is 10.2 Å². The molecule has 0 radical (unpaired) electrons. The van der Waals surface area contributed by atoms with Crippen molar-refractivity contribution in [2.75, 3.05) is 11.9 Å². The normalized spacial score (nSPS) is 16.9. The van der Waals surface area contributed by atoms with Crippen molar-refractivity contribution in [1.82, 2.24) is 5.32 Å². The summed E-state index contributed by atoms with van der Waals surface area (Å²) in [6, 6.07) is 16.4. The van der Waals surface area contributed by atoms with Gasteiger partial charge >= 0.3 is 6.09 Å². The molecule has 2 amide bonds. The largest absolute Gasteiger partial charge is 0.444 e. The Kier molecular flexibility index (Phi) is 5.04. The first kappa shape index (κ1) is 18.7. The number of hydrogen-bond donors (Lipinski definition) is 1. The number of benzene rings is 2. The SMILES string of the molecule is CN1C(=O)C(NC(=O)OC(C)(C)C)C(c2ccccc2)=Cc2ccccc21. The average Bonchev–Trinajstić information content (AvgIpc) is 2.72. The minimum Gasteiger partial charge on any atom is -0.444 e. The van der Waals surface area contributed by atoms with Crippen LogP contribution in [0.2, 0.25) is 0 Å². The van der Waals surface area contributed by atoms with Gasteiger partial charge in [-0.1, -0.05) is 48.5 Å². The molecular formula is C22H24N2O3. The summed E-state index contributed by atoms with van der Waals surface area (Å²) < 4.78 is 5.38. The molecule has 0 aromatic heterocycles. The third-order valence-corrected chi connectivity index (χ3v) is 4.27. The van der Waals surface area contributed by atoms with Crippen LogP contribution in [0.5, 0.6) is 0 Å². The zero-order valence-electron chi connectivity index (χ0n) is 16.0. The van der Waals surface area contributed by atoms with E-state index >= 15 is 0 Å². The van der Waals surface area contributed by atoms with E-state index in [1.807, 2.05) is 60.7 Å². The number of nitrogens with zero attached hydrogens (tertiary/aromatic N) is 1. The van der Waals surface area contributed by atoms with Gasteiger partial charge in [-0.3, -0.25) is 4.79 Å². The number of fused-ring (bicyclic) bond motifs is 1. The smallest absolute Gasteiger partial charge is 0.408 e. The van der Waals surface area contributed by atoms with E-state index in [4.69, 9.17) is 4.74 Å². The highest BCUT2D eigenvalue weighted by atomic mass is 16.6. The number of hydrogen-bond acceptors (Lipinski definition) is 3. The van der Waals surface area contributed by atoms with Crippen LogP contribution in [0.1, 0.15) is 31.9 Å². The summed E-state index contributed by atoms with van der Waals surface area (Å²) in [5.74, 6) is -0.221. The molecular weight excluding hydrogens is 340 g/mol. The number of carbonyl (C=O) groups excluding carboxylic acids is 2. The van der Waals surface area contributed by atoms with Crippen molar-refractivity contribution < 1.29 is 14.3 Å². The molecule has 5 nitrogen and oxygen atoms in total. The molecule has 1 heterocycles. The van der Waals surface area contributed by atoms with Crippen LogP contribution in [0, 0.1) is 0 Å². The van der Waals surface area contributed by atoms with Crippen LogP contribution in [-0.2, 0) is 9.53 Å². The maximum absolute atomic E-state index is 13.2. The molecule has 0 aliphatic carbocycles. The van der Waals surface area contributed by atoms with E-state index in [9.17, 15) is 9.59 Å². The predicted octanol–water partition coefficient (Wildman–Crippen LogP) is 4.10. The lowest BCUT2D eigenvalue weighted by Gasteiger charge is -2.26. The van der Waals surface area contributed by atoms with E-state index in [0.717, 1.165) is 22.4 Å². The first-order chi connectivity index (χ1) is 12.8. The molecule has 1 unspecified atom stereocenters. The first-order valence-electron chi connectivity index (χ1n) is 8.89. The van der Waals surface area contributed by atoms with Crippen molar-refractivity contribution in [3.05, 3.63) is 65.7 Å². The van der Waals surface area contributed by atoms with Gasteiger partial charge in [0.25, 0.3) is 5.91 Å². The zero-order valence-corrected chi connectivity index (χ0v) is 16.0. The molecule has 0 saturated heterocycles. The van der Waals surface area contributed by atoms with Gasteiger partial charge in [-0.05, 0) is 49.6 Å². The number of anilines is 1. The maximum Gasteiger partial charge on any atom is 0.408 e. The van der Waals surface area contributed by atoms with E-state index in [1.165, 1.54) is 0 Å². The molecule has 0 saturated carbocycles. The second kappa shape index (κ2) is 7.27. The predicted molar refractivity (Wildman–Crippen MR) is 107 cm³/mol. The average molecular weight is 364 g/mol. The fourth-order valence-electron chi connectivity index (χ4n) is 3.06. The van der Waals surface area contributed by atoms with Crippen molar-refractivity contribution in [2.45, 2.75) is 32.4 Å². The highest BCUT2D eigenvalue weighted by Gasteiger charge is 2.33. The Morgan fingerprint density at radius 1 is 1.04 bits per heavy atom. The number of rotatable bonds is 2. The number of ether oxygens (including phenoxy) is 1. The highest BCUT2D eigenvalue weighted by Crippen LogP contribution is 2.32. The first-order valence-corrected chi connectivity index (χ1v) is 8.89. The van der Waals surface area contributed by atoms with Crippen molar-refractivity contribution in [3.8, 4) is 0 Å². The summed E-state index contributed by atoms with van der Waals surface area (Å²) in [6.45, 7) is 5.37. The summed E-state index contributed by atoms with van der Waals surface area (Å²) in [7, 11) is 1.71. The number of amides is 2. The Morgan fingerprint density at radius 2 is 1.67 bits per heavy atom. The van der Waals surface area contributed by atoms with Crippen molar-refractivity contribution in [2.24, 2.45) is 0 Å². The standard InChI is InChI=1S/C22H24N2O3/c1-22(2,3)27-21(26)23-19-17(15-10-6-5-7-11-15)14-16-12-8-9-13-18(16)24(4)20(19)25/h5-14,19H,1-4H3,(H,23,26). The minimum atomic E-state index is -0.848. The Balaban J connectivity index is 2.06. The summed E-state index contributed by atoms with van der Waals surface area (Å²) in [5.41, 5.74) is 2.66. The second-order valence-corrected chi connectivity index (χ2v) is 7.50. The van der Waals surface area contributed by atoms with E-state index in [2.05, 4.69) is 5.32 Å². The van der Waals surface area contributed by atoms with E-state index < -0.39 is 17.7 Å². The third-order valence-electron chi connectivity index (χ3n) is 4.27. The molecule has 27 heavy (non-hydrogen) atoms. The maximum atomic E-state index is 13.2.